The van der Waals surface area contributed by atoms with Crippen LogP contribution in [0, 0.1) is 5.92 Å². The maximum Gasteiger partial charge on any atom is 0.338 e. The molecular weight excluding hydrogens is 418 g/mol. The van der Waals surface area contributed by atoms with Crippen molar-refractivity contribution in [1.29, 1.82) is 0 Å². The summed E-state index contributed by atoms with van der Waals surface area (Å²) in [6.45, 7) is 2.70. The summed E-state index contributed by atoms with van der Waals surface area (Å²) in [7, 11) is 1.33. The Bertz CT molecular complexity index is 1110. The van der Waals surface area contributed by atoms with E-state index in [4.69, 9.17) is 14.2 Å². The number of benzene rings is 3. The van der Waals surface area contributed by atoms with Crippen LogP contribution in [0.15, 0.2) is 72.8 Å². The molecule has 1 fully saturated rings. The number of carbonyl (C=O) groups is 2. The van der Waals surface area contributed by atoms with Gasteiger partial charge in [-0.2, -0.15) is 0 Å². The third kappa shape index (κ3) is 6.13. The normalized spacial score (nSPS) is 12.7. The average molecular weight is 446 g/mol. The molecule has 1 aliphatic rings. The number of hydrogen-bond acceptors (Lipinski definition) is 5. The van der Waals surface area contributed by atoms with E-state index in [1.54, 1.807) is 30.0 Å². The highest BCUT2D eigenvalue weighted by Crippen LogP contribution is 2.33. The second-order valence-electron chi connectivity index (χ2n) is 8.13. The van der Waals surface area contributed by atoms with Crippen LogP contribution in [0.4, 0.5) is 5.69 Å². The molecule has 1 aliphatic carbocycles. The van der Waals surface area contributed by atoms with Gasteiger partial charge in [0.1, 0.15) is 23.9 Å². The summed E-state index contributed by atoms with van der Waals surface area (Å²) in [6.07, 6.45) is 2.35. The number of nitrogens with zero attached hydrogens (tertiary/aromatic N) is 1. The van der Waals surface area contributed by atoms with Gasteiger partial charge >= 0.3 is 5.97 Å². The smallest absolute Gasteiger partial charge is 0.338 e. The predicted molar refractivity (Wildman–Crippen MR) is 126 cm³/mol. The van der Waals surface area contributed by atoms with Crippen LogP contribution in [0.25, 0.3) is 0 Å². The zero-order chi connectivity index (χ0) is 23.2. The van der Waals surface area contributed by atoms with Gasteiger partial charge in [0, 0.05) is 25.2 Å². The molecule has 0 bridgehead atoms. The third-order valence-corrected chi connectivity index (χ3v) is 5.45. The molecule has 0 N–H and O–H groups in total. The van der Waals surface area contributed by atoms with Crippen molar-refractivity contribution in [2.24, 2.45) is 5.92 Å². The van der Waals surface area contributed by atoms with Crippen molar-refractivity contribution in [1.82, 2.24) is 0 Å². The first kappa shape index (κ1) is 22.4. The van der Waals surface area contributed by atoms with Crippen LogP contribution < -0.4 is 14.4 Å². The molecule has 0 aromatic heterocycles. The summed E-state index contributed by atoms with van der Waals surface area (Å²) in [4.78, 5) is 26.0. The monoisotopic (exact) mass is 445 g/mol. The molecule has 0 spiro atoms. The van der Waals surface area contributed by atoms with E-state index < -0.39 is 5.97 Å². The first-order valence-corrected chi connectivity index (χ1v) is 11.0. The first-order valence-electron chi connectivity index (χ1n) is 11.0. The van der Waals surface area contributed by atoms with Gasteiger partial charge in [-0.1, -0.05) is 30.3 Å². The number of hydrogen-bond donors (Lipinski definition) is 0. The zero-order valence-electron chi connectivity index (χ0n) is 18.8. The lowest BCUT2D eigenvalue weighted by Gasteiger charge is -2.21. The minimum Gasteiger partial charge on any atom is -0.489 e. The fourth-order valence-corrected chi connectivity index (χ4v) is 3.50. The van der Waals surface area contributed by atoms with Crippen LogP contribution in [0.2, 0.25) is 0 Å². The Balaban J connectivity index is 1.51. The van der Waals surface area contributed by atoms with Crippen LogP contribution in [0.3, 0.4) is 0 Å². The molecule has 6 heteroatoms. The van der Waals surface area contributed by atoms with Crippen LogP contribution in [-0.4, -0.2) is 25.5 Å². The molecule has 1 saturated carbocycles. The molecule has 0 radical (unpaired) electrons. The van der Waals surface area contributed by atoms with E-state index in [-0.39, 0.29) is 5.91 Å². The van der Waals surface area contributed by atoms with Gasteiger partial charge < -0.3 is 19.1 Å². The van der Waals surface area contributed by atoms with Gasteiger partial charge in [0.2, 0.25) is 5.91 Å². The molecule has 3 aromatic carbocycles. The molecule has 170 valence electrons. The standard InChI is InChI=1S/C27H27NO5/c1-19(29)28(17-20-8-9-20)23-10-12-24(13-11-23)33-26-15-22(27(30)31-2)14-25(16-26)32-18-21-6-4-3-5-7-21/h3-7,10-16,20H,8-9,17-18H2,1-2H3. The highest BCUT2D eigenvalue weighted by Gasteiger charge is 2.26. The molecule has 6 nitrogen and oxygen atoms in total. The van der Waals surface area contributed by atoms with E-state index in [1.807, 2.05) is 54.6 Å². The van der Waals surface area contributed by atoms with Gasteiger partial charge in [-0.05, 0) is 60.7 Å². The Morgan fingerprint density at radius 2 is 1.61 bits per heavy atom. The molecule has 0 atom stereocenters. The van der Waals surface area contributed by atoms with Crippen molar-refractivity contribution in [2.75, 3.05) is 18.6 Å². The van der Waals surface area contributed by atoms with Crippen LogP contribution in [0.5, 0.6) is 17.2 Å². The number of esters is 1. The van der Waals surface area contributed by atoms with E-state index >= 15 is 0 Å². The SMILES string of the molecule is COC(=O)c1cc(OCc2ccccc2)cc(Oc2ccc(N(CC3CC3)C(C)=O)cc2)c1. The Hall–Kier alpha value is -3.80. The van der Waals surface area contributed by atoms with Crippen molar-refractivity contribution in [3.8, 4) is 17.2 Å². The summed E-state index contributed by atoms with van der Waals surface area (Å²) >= 11 is 0. The minimum absolute atomic E-state index is 0.0292. The highest BCUT2D eigenvalue weighted by molar-refractivity contribution is 5.91. The molecule has 1 amide bonds. The van der Waals surface area contributed by atoms with E-state index in [1.165, 1.54) is 20.0 Å². The molecule has 4 rings (SSSR count). The van der Waals surface area contributed by atoms with Crippen molar-refractivity contribution in [3.05, 3.63) is 83.9 Å². The van der Waals surface area contributed by atoms with Gasteiger partial charge in [-0.15, -0.1) is 0 Å². The van der Waals surface area contributed by atoms with Gasteiger partial charge in [-0.3, -0.25) is 4.79 Å². The van der Waals surface area contributed by atoms with E-state index in [0.29, 0.717) is 35.3 Å². The number of ether oxygens (including phenoxy) is 3. The quantitative estimate of drug-likeness (QED) is 0.401. The Morgan fingerprint density at radius 3 is 2.24 bits per heavy atom. The van der Waals surface area contributed by atoms with Gasteiger partial charge in [0.15, 0.2) is 0 Å². The topological polar surface area (TPSA) is 65.1 Å². The molecule has 33 heavy (non-hydrogen) atoms. The lowest BCUT2D eigenvalue weighted by Crippen LogP contribution is -2.30. The number of anilines is 1. The molecular formula is C27H27NO5. The lowest BCUT2D eigenvalue weighted by atomic mass is 10.2. The van der Waals surface area contributed by atoms with Crippen LogP contribution in [0.1, 0.15) is 35.7 Å². The fraction of sp³-hybridized carbons (Fsp3) is 0.259. The van der Waals surface area contributed by atoms with Crippen molar-refractivity contribution < 1.29 is 23.8 Å². The average Bonchev–Trinajstić information content (AvgIpc) is 3.66. The summed E-state index contributed by atoms with van der Waals surface area (Å²) in [5, 5.41) is 0. The summed E-state index contributed by atoms with van der Waals surface area (Å²) in [5.74, 6) is 1.69. The van der Waals surface area contributed by atoms with Gasteiger partial charge in [0.05, 0.1) is 12.7 Å². The Morgan fingerprint density at radius 1 is 0.909 bits per heavy atom. The summed E-state index contributed by atoms with van der Waals surface area (Å²) < 4.78 is 16.8. The highest BCUT2D eigenvalue weighted by atomic mass is 16.5. The van der Waals surface area contributed by atoms with Crippen molar-refractivity contribution >= 4 is 17.6 Å². The molecule has 0 aliphatic heterocycles. The maximum absolute atomic E-state index is 12.2. The second-order valence-corrected chi connectivity index (χ2v) is 8.13. The maximum atomic E-state index is 12.2. The van der Waals surface area contributed by atoms with Crippen molar-refractivity contribution in [3.63, 3.8) is 0 Å². The van der Waals surface area contributed by atoms with Crippen molar-refractivity contribution in [2.45, 2.75) is 26.4 Å². The molecule has 0 saturated heterocycles. The fourth-order valence-electron chi connectivity index (χ4n) is 3.50. The minimum atomic E-state index is -0.475. The number of rotatable bonds is 9. The zero-order valence-corrected chi connectivity index (χ0v) is 18.8. The number of amides is 1. The second kappa shape index (κ2) is 10.2. The predicted octanol–water partition coefficient (Wildman–Crippen LogP) is 5.61. The summed E-state index contributed by atoms with van der Waals surface area (Å²) in [6, 6.07) is 22.1. The lowest BCUT2D eigenvalue weighted by molar-refractivity contribution is -0.116. The molecule has 3 aromatic rings. The number of carbonyl (C=O) groups excluding carboxylic acids is 2. The van der Waals surface area contributed by atoms with Crippen LogP contribution >= 0.6 is 0 Å². The molecule has 0 unspecified atom stereocenters. The van der Waals surface area contributed by atoms with Gasteiger partial charge in [-0.25, -0.2) is 4.79 Å². The summed E-state index contributed by atoms with van der Waals surface area (Å²) in [5.41, 5.74) is 2.19. The van der Waals surface area contributed by atoms with E-state index in [0.717, 1.165) is 17.8 Å². The largest absolute Gasteiger partial charge is 0.489 e. The Labute approximate surface area is 193 Å². The molecule has 0 heterocycles. The van der Waals surface area contributed by atoms with Crippen LogP contribution in [-0.2, 0) is 16.1 Å². The third-order valence-electron chi connectivity index (χ3n) is 5.45. The van der Waals surface area contributed by atoms with Gasteiger partial charge in [0.25, 0.3) is 0 Å². The van der Waals surface area contributed by atoms with E-state index in [2.05, 4.69) is 0 Å². The first-order chi connectivity index (χ1) is 16.0. The van der Waals surface area contributed by atoms with E-state index in [9.17, 15) is 9.59 Å². The number of methoxy groups -OCH3 is 1. The Kier molecular flexibility index (Phi) is 6.93.